The standard InChI is InChI=1S/C22H22N2O4S2/c1-28-18-8-10-19(11-9-18)30(26,27)14-21(25)24-22-23-20(13-29-22)17-7-6-15-4-2-3-5-16(15)12-17/h6-13H,2-5,14H2,1H3,(H,23,24,25). The highest BCUT2D eigenvalue weighted by Gasteiger charge is 2.20. The summed E-state index contributed by atoms with van der Waals surface area (Å²) in [5.74, 6) is -0.708. The summed E-state index contributed by atoms with van der Waals surface area (Å²) in [6.07, 6.45) is 4.65. The molecule has 0 unspecified atom stereocenters. The third-order valence-electron chi connectivity index (χ3n) is 5.13. The Bertz CT molecular complexity index is 1170. The minimum atomic E-state index is -3.75. The van der Waals surface area contributed by atoms with Crippen molar-refractivity contribution in [3.63, 3.8) is 0 Å². The van der Waals surface area contributed by atoms with E-state index in [4.69, 9.17) is 4.74 Å². The molecule has 8 heteroatoms. The topological polar surface area (TPSA) is 85.4 Å². The van der Waals surface area contributed by atoms with E-state index in [1.807, 2.05) is 5.38 Å². The molecule has 2 aromatic carbocycles. The van der Waals surface area contributed by atoms with Crippen molar-refractivity contribution in [2.45, 2.75) is 30.6 Å². The first kappa shape index (κ1) is 20.6. The van der Waals surface area contributed by atoms with Crippen molar-refractivity contribution in [3.05, 3.63) is 59.0 Å². The van der Waals surface area contributed by atoms with Crippen LogP contribution in [-0.2, 0) is 27.5 Å². The number of methoxy groups -OCH3 is 1. The maximum atomic E-state index is 12.5. The van der Waals surface area contributed by atoms with Gasteiger partial charge >= 0.3 is 0 Å². The zero-order valence-corrected chi connectivity index (χ0v) is 18.2. The number of aryl methyl sites for hydroxylation is 2. The van der Waals surface area contributed by atoms with E-state index in [1.54, 1.807) is 12.1 Å². The molecule has 0 saturated carbocycles. The van der Waals surface area contributed by atoms with Crippen LogP contribution < -0.4 is 10.1 Å². The third kappa shape index (κ3) is 4.55. The Kier molecular flexibility index (Phi) is 5.87. The van der Waals surface area contributed by atoms with Crippen molar-refractivity contribution in [2.75, 3.05) is 18.2 Å². The molecule has 0 saturated heterocycles. The average Bonchev–Trinajstić information content (AvgIpc) is 3.21. The lowest BCUT2D eigenvalue weighted by Crippen LogP contribution is -2.22. The van der Waals surface area contributed by atoms with Crippen LogP contribution in [-0.4, -0.2) is 32.2 Å². The van der Waals surface area contributed by atoms with Gasteiger partial charge in [0.2, 0.25) is 5.91 Å². The van der Waals surface area contributed by atoms with Gasteiger partial charge in [-0.2, -0.15) is 0 Å². The normalized spacial score (nSPS) is 13.5. The molecule has 30 heavy (non-hydrogen) atoms. The quantitative estimate of drug-likeness (QED) is 0.621. The molecule has 0 spiro atoms. The van der Waals surface area contributed by atoms with E-state index in [2.05, 4.69) is 28.5 Å². The molecule has 1 aromatic heterocycles. The second-order valence-corrected chi connectivity index (χ2v) is 10.1. The molecule has 0 radical (unpaired) electrons. The highest BCUT2D eigenvalue weighted by atomic mass is 32.2. The fourth-order valence-corrected chi connectivity index (χ4v) is 5.42. The molecule has 1 aliphatic rings. The van der Waals surface area contributed by atoms with Crippen LogP contribution in [0.3, 0.4) is 0 Å². The van der Waals surface area contributed by atoms with Gasteiger partial charge in [-0.1, -0.05) is 12.1 Å². The number of amides is 1. The molecule has 0 aliphatic heterocycles. The summed E-state index contributed by atoms with van der Waals surface area (Å²) in [4.78, 5) is 16.9. The lowest BCUT2D eigenvalue weighted by molar-refractivity contribution is -0.113. The third-order valence-corrected chi connectivity index (χ3v) is 7.52. The summed E-state index contributed by atoms with van der Waals surface area (Å²) in [7, 11) is -2.25. The molecule has 1 aliphatic carbocycles. The van der Waals surface area contributed by atoms with Gasteiger partial charge < -0.3 is 10.1 Å². The van der Waals surface area contributed by atoms with E-state index in [0.717, 1.165) is 24.1 Å². The molecular weight excluding hydrogens is 420 g/mol. The van der Waals surface area contributed by atoms with Crippen LogP contribution >= 0.6 is 11.3 Å². The number of rotatable bonds is 6. The number of hydrogen-bond acceptors (Lipinski definition) is 6. The van der Waals surface area contributed by atoms with Crippen LogP contribution in [0.4, 0.5) is 5.13 Å². The van der Waals surface area contributed by atoms with E-state index in [0.29, 0.717) is 10.9 Å². The van der Waals surface area contributed by atoms with Gasteiger partial charge in [0.05, 0.1) is 17.7 Å². The first-order valence-corrected chi connectivity index (χ1v) is 12.2. The van der Waals surface area contributed by atoms with E-state index < -0.39 is 21.5 Å². The SMILES string of the molecule is COc1ccc(S(=O)(=O)CC(=O)Nc2nc(-c3ccc4c(c3)CCCC4)cs2)cc1. The fraction of sp³-hybridized carbons (Fsp3) is 0.273. The van der Waals surface area contributed by atoms with Crippen molar-refractivity contribution in [2.24, 2.45) is 0 Å². The van der Waals surface area contributed by atoms with Crippen molar-refractivity contribution in [3.8, 4) is 17.0 Å². The average molecular weight is 443 g/mol. The number of carbonyl (C=O) groups excluding carboxylic acids is 1. The highest BCUT2D eigenvalue weighted by Crippen LogP contribution is 2.29. The Morgan fingerprint density at radius 1 is 1.10 bits per heavy atom. The first-order valence-electron chi connectivity index (χ1n) is 9.69. The largest absolute Gasteiger partial charge is 0.497 e. The highest BCUT2D eigenvalue weighted by molar-refractivity contribution is 7.92. The Hall–Kier alpha value is -2.71. The van der Waals surface area contributed by atoms with E-state index in [9.17, 15) is 13.2 Å². The van der Waals surface area contributed by atoms with Gasteiger partial charge in [0.25, 0.3) is 0 Å². The van der Waals surface area contributed by atoms with Crippen LogP contribution in [0.25, 0.3) is 11.3 Å². The molecule has 1 N–H and O–H groups in total. The van der Waals surface area contributed by atoms with Crippen LogP contribution in [0.15, 0.2) is 52.7 Å². The summed E-state index contributed by atoms with van der Waals surface area (Å²) < 4.78 is 30.0. The summed E-state index contributed by atoms with van der Waals surface area (Å²) in [5, 5.41) is 4.87. The Labute approximate surface area is 179 Å². The number of nitrogens with zero attached hydrogens (tertiary/aromatic N) is 1. The number of nitrogens with one attached hydrogen (secondary N) is 1. The van der Waals surface area contributed by atoms with Crippen LogP contribution in [0, 0.1) is 0 Å². The number of carbonyl (C=O) groups is 1. The number of anilines is 1. The number of thiazole rings is 1. The molecule has 1 heterocycles. The van der Waals surface area contributed by atoms with Crippen LogP contribution in [0.1, 0.15) is 24.0 Å². The summed E-state index contributed by atoms with van der Waals surface area (Å²) in [6.45, 7) is 0. The van der Waals surface area contributed by atoms with Gasteiger partial charge in [0.15, 0.2) is 15.0 Å². The van der Waals surface area contributed by atoms with Gasteiger partial charge in [-0.25, -0.2) is 13.4 Å². The van der Waals surface area contributed by atoms with Gasteiger partial charge in [-0.15, -0.1) is 11.3 Å². The summed E-state index contributed by atoms with van der Waals surface area (Å²) in [5.41, 5.74) is 4.56. The lowest BCUT2D eigenvalue weighted by Gasteiger charge is -2.16. The number of benzene rings is 2. The van der Waals surface area contributed by atoms with Gasteiger partial charge in [-0.3, -0.25) is 4.79 Å². The number of sulfone groups is 1. The Morgan fingerprint density at radius 2 is 1.83 bits per heavy atom. The molecule has 0 fully saturated rings. The number of ether oxygens (including phenoxy) is 1. The maximum Gasteiger partial charge on any atom is 0.241 e. The molecular formula is C22H22N2O4S2. The summed E-state index contributed by atoms with van der Waals surface area (Å²) in [6, 6.07) is 12.3. The molecule has 3 aromatic rings. The molecule has 156 valence electrons. The number of fused-ring (bicyclic) bond motifs is 1. The maximum absolute atomic E-state index is 12.5. The van der Waals surface area contributed by atoms with Gasteiger partial charge in [0, 0.05) is 10.9 Å². The monoisotopic (exact) mass is 442 g/mol. The van der Waals surface area contributed by atoms with Crippen LogP contribution in [0.2, 0.25) is 0 Å². The van der Waals surface area contributed by atoms with Crippen molar-refractivity contribution in [1.29, 1.82) is 0 Å². The summed E-state index contributed by atoms with van der Waals surface area (Å²) >= 11 is 1.28. The van der Waals surface area contributed by atoms with E-state index in [-0.39, 0.29) is 4.90 Å². The molecule has 0 atom stereocenters. The zero-order chi connectivity index (χ0) is 21.1. The molecule has 6 nitrogen and oxygen atoms in total. The Morgan fingerprint density at radius 3 is 2.57 bits per heavy atom. The zero-order valence-electron chi connectivity index (χ0n) is 16.6. The Balaban J connectivity index is 1.43. The minimum absolute atomic E-state index is 0.0762. The van der Waals surface area contributed by atoms with Crippen molar-refractivity contribution >= 4 is 32.2 Å². The first-order chi connectivity index (χ1) is 14.4. The predicted octanol–water partition coefficient (Wildman–Crippen LogP) is 4.11. The van der Waals surface area contributed by atoms with Crippen molar-refractivity contribution < 1.29 is 17.9 Å². The molecule has 0 bridgehead atoms. The lowest BCUT2D eigenvalue weighted by atomic mass is 9.90. The molecule has 1 amide bonds. The number of hydrogen-bond donors (Lipinski definition) is 1. The van der Waals surface area contributed by atoms with E-state index in [1.165, 1.54) is 54.5 Å². The van der Waals surface area contributed by atoms with Gasteiger partial charge in [-0.05, 0) is 67.1 Å². The minimum Gasteiger partial charge on any atom is -0.497 e. The fourth-order valence-electron chi connectivity index (χ4n) is 3.55. The van der Waals surface area contributed by atoms with Crippen molar-refractivity contribution in [1.82, 2.24) is 4.98 Å². The number of aromatic nitrogens is 1. The molecule has 4 rings (SSSR count). The smallest absolute Gasteiger partial charge is 0.241 e. The van der Waals surface area contributed by atoms with Gasteiger partial charge in [0.1, 0.15) is 11.5 Å². The predicted molar refractivity (Wildman–Crippen MR) is 118 cm³/mol. The van der Waals surface area contributed by atoms with Crippen LogP contribution in [0.5, 0.6) is 5.75 Å². The second kappa shape index (κ2) is 8.57. The second-order valence-electron chi connectivity index (χ2n) is 7.21. The van der Waals surface area contributed by atoms with E-state index >= 15 is 0 Å².